The van der Waals surface area contributed by atoms with Gasteiger partial charge in [-0.1, -0.05) is 30.3 Å². The molecule has 2 aromatic carbocycles. The molecule has 6 heteroatoms. The molecule has 0 fully saturated rings. The van der Waals surface area contributed by atoms with Gasteiger partial charge in [-0.25, -0.2) is 9.97 Å². The summed E-state index contributed by atoms with van der Waals surface area (Å²) in [6, 6.07) is 17.7. The van der Waals surface area contributed by atoms with Crippen LogP contribution >= 0.6 is 0 Å². The van der Waals surface area contributed by atoms with E-state index >= 15 is 0 Å². The van der Waals surface area contributed by atoms with Crippen molar-refractivity contribution in [1.82, 2.24) is 15.3 Å². The fourth-order valence-corrected chi connectivity index (χ4v) is 3.13. The van der Waals surface area contributed by atoms with Crippen molar-refractivity contribution >= 4 is 23.1 Å². The fraction of sp³-hybridized carbons (Fsp3) is 0.261. The molecule has 0 spiro atoms. The summed E-state index contributed by atoms with van der Waals surface area (Å²) < 4.78 is 0. The van der Waals surface area contributed by atoms with Gasteiger partial charge < -0.3 is 15.5 Å². The quantitative estimate of drug-likeness (QED) is 0.601. The van der Waals surface area contributed by atoms with E-state index in [1.807, 2.05) is 36.4 Å². The van der Waals surface area contributed by atoms with Crippen LogP contribution in [0.5, 0.6) is 0 Å². The minimum Gasteiger partial charge on any atom is -0.372 e. The van der Waals surface area contributed by atoms with E-state index < -0.39 is 0 Å². The molecule has 0 radical (unpaired) electrons. The number of anilines is 3. The lowest BCUT2D eigenvalue weighted by Gasteiger charge is -2.22. The summed E-state index contributed by atoms with van der Waals surface area (Å²) in [6.45, 7) is 8.75. The summed E-state index contributed by atoms with van der Waals surface area (Å²) in [6.07, 6.45) is 1.40. The second-order valence-corrected chi connectivity index (χ2v) is 6.75. The zero-order valence-electron chi connectivity index (χ0n) is 17.1. The Morgan fingerprint density at radius 3 is 2.45 bits per heavy atom. The maximum absolute atomic E-state index is 12.4. The molecule has 1 amide bonds. The predicted octanol–water partition coefficient (Wildman–Crippen LogP) is 4.30. The Morgan fingerprint density at radius 2 is 1.76 bits per heavy atom. The number of hydrogen-bond acceptors (Lipinski definition) is 5. The molecule has 0 atom stereocenters. The summed E-state index contributed by atoms with van der Waals surface area (Å²) in [4.78, 5) is 23.1. The Kier molecular flexibility index (Phi) is 6.79. The molecule has 3 aromatic rings. The standard InChI is InChI=1S/C23H27N5O/c1-4-28(5-2)19-11-12-20(17(3)13-19)27-22-14-21(25-16-26-22)23(29)24-15-18-9-7-6-8-10-18/h6-14,16H,4-5,15H2,1-3H3,(H,24,29)(H,25,26,27). The van der Waals surface area contributed by atoms with Crippen molar-refractivity contribution in [2.45, 2.75) is 27.3 Å². The highest BCUT2D eigenvalue weighted by atomic mass is 16.1. The number of nitrogens with one attached hydrogen (secondary N) is 2. The average Bonchev–Trinajstić information content (AvgIpc) is 2.75. The molecular weight excluding hydrogens is 362 g/mol. The van der Waals surface area contributed by atoms with Gasteiger partial charge in [0.25, 0.3) is 5.91 Å². The Hall–Kier alpha value is -3.41. The second kappa shape index (κ2) is 9.68. The molecule has 29 heavy (non-hydrogen) atoms. The van der Waals surface area contributed by atoms with Gasteiger partial charge in [0.05, 0.1) is 0 Å². The van der Waals surface area contributed by atoms with Gasteiger partial charge in [0, 0.05) is 37.1 Å². The maximum Gasteiger partial charge on any atom is 0.270 e. The normalized spacial score (nSPS) is 10.4. The Bertz CT molecular complexity index is 954. The van der Waals surface area contributed by atoms with E-state index in [9.17, 15) is 4.79 Å². The van der Waals surface area contributed by atoms with Gasteiger partial charge in [-0.2, -0.15) is 0 Å². The highest BCUT2D eigenvalue weighted by Crippen LogP contribution is 2.25. The predicted molar refractivity (Wildman–Crippen MR) is 118 cm³/mol. The first-order chi connectivity index (χ1) is 14.1. The number of carbonyl (C=O) groups excluding carboxylic acids is 1. The average molecular weight is 390 g/mol. The van der Waals surface area contributed by atoms with E-state index in [1.165, 1.54) is 12.0 Å². The lowest BCUT2D eigenvalue weighted by Crippen LogP contribution is -2.24. The third kappa shape index (κ3) is 5.31. The van der Waals surface area contributed by atoms with Crippen LogP contribution in [0.15, 0.2) is 60.9 Å². The van der Waals surface area contributed by atoms with E-state index in [1.54, 1.807) is 6.07 Å². The molecule has 1 heterocycles. The Morgan fingerprint density at radius 1 is 1.00 bits per heavy atom. The number of hydrogen-bond donors (Lipinski definition) is 2. The monoisotopic (exact) mass is 389 g/mol. The molecule has 0 saturated heterocycles. The van der Waals surface area contributed by atoms with Crippen LogP contribution < -0.4 is 15.5 Å². The highest BCUT2D eigenvalue weighted by molar-refractivity contribution is 5.93. The van der Waals surface area contributed by atoms with E-state index in [0.29, 0.717) is 18.1 Å². The number of aromatic nitrogens is 2. The minimum atomic E-state index is -0.229. The maximum atomic E-state index is 12.4. The van der Waals surface area contributed by atoms with Crippen molar-refractivity contribution < 1.29 is 4.79 Å². The van der Waals surface area contributed by atoms with Crippen molar-refractivity contribution in [1.29, 1.82) is 0 Å². The smallest absolute Gasteiger partial charge is 0.270 e. The van der Waals surface area contributed by atoms with E-state index in [4.69, 9.17) is 0 Å². The lowest BCUT2D eigenvalue weighted by molar-refractivity contribution is 0.0946. The van der Waals surface area contributed by atoms with E-state index in [0.717, 1.165) is 29.9 Å². The van der Waals surface area contributed by atoms with Crippen molar-refractivity contribution in [3.63, 3.8) is 0 Å². The fourth-order valence-electron chi connectivity index (χ4n) is 3.13. The Balaban J connectivity index is 1.68. The molecule has 6 nitrogen and oxygen atoms in total. The molecule has 3 rings (SSSR count). The molecular formula is C23H27N5O. The van der Waals surface area contributed by atoms with Gasteiger partial charge in [0.2, 0.25) is 0 Å². The SMILES string of the molecule is CCN(CC)c1ccc(Nc2cc(C(=O)NCc3ccccc3)ncn2)c(C)c1. The third-order valence-corrected chi connectivity index (χ3v) is 4.80. The zero-order chi connectivity index (χ0) is 20.6. The zero-order valence-corrected chi connectivity index (χ0v) is 17.1. The van der Waals surface area contributed by atoms with Gasteiger partial charge in [-0.05, 0) is 50.1 Å². The van der Waals surface area contributed by atoms with Crippen molar-refractivity contribution in [3.8, 4) is 0 Å². The molecule has 1 aromatic heterocycles. The molecule has 2 N–H and O–H groups in total. The first kappa shape index (κ1) is 20.3. The van der Waals surface area contributed by atoms with Crippen molar-refractivity contribution in [2.24, 2.45) is 0 Å². The van der Waals surface area contributed by atoms with Crippen molar-refractivity contribution in [3.05, 3.63) is 77.7 Å². The third-order valence-electron chi connectivity index (χ3n) is 4.80. The number of rotatable bonds is 8. The molecule has 0 aliphatic carbocycles. The van der Waals surface area contributed by atoms with Crippen LogP contribution in [0.2, 0.25) is 0 Å². The van der Waals surface area contributed by atoms with Gasteiger partial charge in [0.15, 0.2) is 0 Å². The second-order valence-electron chi connectivity index (χ2n) is 6.75. The summed E-state index contributed by atoms with van der Waals surface area (Å²) in [5, 5.41) is 6.18. The van der Waals surface area contributed by atoms with Gasteiger partial charge in [-0.3, -0.25) is 4.79 Å². The van der Waals surface area contributed by atoms with Crippen molar-refractivity contribution in [2.75, 3.05) is 23.3 Å². The molecule has 0 unspecified atom stereocenters. The summed E-state index contributed by atoms with van der Waals surface area (Å²) >= 11 is 0. The largest absolute Gasteiger partial charge is 0.372 e. The van der Waals surface area contributed by atoms with Crippen LogP contribution in [0.4, 0.5) is 17.2 Å². The van der Waals surface area contributed by atoms with E-state index in [-0.39, 0.29) is 5.91 Å². The molecule has 0 saturated carbocycles. The van der Waals surface area contributed by atoms with Crippen LogP contribution in [0.25, 0.3) is 0 Å². The summed E-state index contributed by atoms with van der Waals surface area (Å²) in [5.41, 5.74) is 4.63. The van der Waals surface area contributed by atoms with Crippen LogP contribution in [0.1, 0.15) is 35.5 Å². The van der Waals surface area contributed by atoms with Gasteiger partial charge in [0.1, 0.15) is 17.8 Å². The van der Waals surface area contributed by atoms with Crippen LogP contribution in [0.3, 0.4) is 0 Å². The molecule has 0 aliphatic rings. The van der Waals surface area contributed by atoms with Crippen LogP contribution in [0, 0.1) is 6.92 Å². The number of amides is 1. The molecule has 0 bridgehead atoms. The van der Waals surface area contributed by atoms with Gasteiger partial charge >= 0.3 is 0 Å². The summed E-state index contributed by atoms with van der Waals surface area (Å²) in [5.74, 6) is 0.358. The number of nitrogens with zero attached hydrogens (tertiary/aromatic N) is 3. The number of aryl methyl sites for hydroxylation is 1. The highest BCUT2D eigenvalue weighted by Gasteiger charge is 2.10. The van der Waals surface area contributed by atoms with Gasteiger partial charge in [-0.15, -0.1) is 0 Å². The molecule has 150 valence electrons. The van der Waals surface area contributed by atoms with Crippen LogP contribution in [-0.2, 0) is 6.54 Å². The lowest BCUT2D eigenvalue weighted by atomic mass is 10.1. The van der Waals surface area contributed by atoms with E-state index in [2.05, 4.69) is 58.4 Å². The number of benzene rings is 2. The van der Waals surface area contributed by atoms with Crippen LogP contribution in [-0.4, -0.2) is 29.0 Å². The Labute approximate surface area is 172 Å². The first-order valence-corrected chi connectivity index (χ1v) is 9.87. The number of carbonyl (C=O) groups is 1. The summed E-state index contributed by atoms with van der Waals surface area (Å²) in [7, 11) is 0. The topological polar surface area (TPSA) is 70.2 Å². The molecule has 0 aliphatic heterocycles. The first-order valence-electron chi connectivity index (χ1n) is 9.87. The minimum absolute atomic E-state index is 0.229.